The van der Waals surface area contributed by atoms with Crippen molar-refractivity contribution in [3.8, 4) is 11.1 Å². The molecule has 2 N–H and O–H groups in total. The van der Waals surface area contributed by atoms with Crippen LogP contribution in [0.2, 0.25) is 0 Å². The smallest absolute Gasteiger partial charge is 0.335 e. The van der Waals surface area contributed by atoms with E-state index in [2.05, 4.69) is 4.98 Å². The first-order valence-corrected chi connectivity index (χ1v) is 6.08. The number of nitrogens with one attached hydrogen (secondary N) is 1. The molecule has 0 fully saturated rings. The van der Waals surface area contributed by atoms with E-state index in [9.17, 15) is 4.79 Å². The Morgan fingerprint density at radius 3 is 2.68 bits per heavy atom. The molecule has 0 radical (unpaired) electrons. The summed E-state index contributed by atoms with van der Waals surface area (Å²) >= 11 is 0. The minimum Gasteiger partial charge on any atom is -0.478 e. The van der Waals surface area contributed by atoms with E-state index in [1.807, 2.05) is 37.3 Å². The van der Waals surface area contributed by atoms with Crippen LogP contribution in [0.3, 0.4) is 0 Å². The zero-order valence-electron chi connectivity index (χ0n) is 10.5. The number of aromatic amines is 1. The van der Waals surface area contributed by atoms with Crippen molar-refractivity contribution < 1.29 is 9.90 Å². The van der Waals surface area contributed by atoms with E-state index >= 15 is 0 Å². The molecule has 0 amide bonds. The molecule has 0 saturated heterocycles. The summed E-state index contributed by atoms with van der Waals surface area (Å²) in [5, 5.41) is 10.2. The van der Waals surface area contributed by atoms with Gasteiger partial charge in [0.05, 0.1) is 5.56 Å². The lowest BCUT2D eigenvalue weighted by Crippen LogP contribution is -1.95. The van der Waals surface area contributed by atoms with Crippen molar-refractivity contribution in [3.63, 3.8) is 0 Å². The Morgan fingerprint density at radius 1 is 1.11 bits per heavy atom. The Bertz CT molecular complexity index is 771. The quantitative estimate of drug-likeness (QED) is 0.727. The maximum atomic E-state index is 11.1. The molecule has 0 atom stereocenters. The Hall–Kier alpha value is -2.55. The van der Waals surface area contributed by atoms with Crippen molar-refractivity contribution >= 4 is 16.9 Å². The fourth-order valence-electron chi connectivity index (χ4n) is 2.46. The van der Waals surface area contributed by atoms with E-state index < -0.39 is 5.97 Å². The number of para-hydroxylation sites is 1. The molecule has 3 rings (SSSR count). The third-order valence-corrected chi connectivity index (χ3v) is 3.29. The molecule has 94 valence electrons. The number of H-pyrrole nitrogens is 1. The van der Waals surface area contributed by atoms with Crippen molar-refractivity contribution in [2.24, 2.45) is 0 Å². The Morgan fingerprint density at radius 2 is 1.89 bits per heavy atom. The van der Waals surface area contributed by atoms with Crippen LogP contribution in [0.15, 0.2) is 48.5 Å². The van der Waals surface area contributed by atoms with Gasteiger partial charge in [-0.25, -0.2) is 4.79 Å². The largest absolute Gasteiger partial charge is 0.478 e. The SMILES string of the molecule is Cc1[nH]c2ccccc2c1-c1cccc(C(=O)O)c1. The normalized spacial score (nSPS) is 10.8. The monoisotopic (exact) mass is 251 g/mol. The zero-order valence-corrected chi connectivity index (χ0v) is 10.5. The van der Waals surface area contributed by atoms with Gasteiger partial charge in [0, 0.05) is 22.2 Å². The van der Waals surface area contributed by atoms with Gasteiger partial charge in [0.25, 0.3) is 0 Å². The molecular formula is C16H13NO2. The summed E-state index contributed by atoms with van der Waals surface area (Å²) in [5.41, 5.74) is 4.41. The topological polar surface area (TPSA) is 53.1 Å². The molecule has 0 saturated carbocycles. The number of hydrogen-bond donors (Lipinski definition) is 2. The summed E-state index contributed by atoms with van der Waals surface area (Å²) in [7, 11) is 0. The molecule has 0 aliphatic heterocycles. The van der Waals surface area contributed by atoms with E-state index in [4.69, 9.17) is 5.11 Å². The average molecular weight is 251 g/mol. The second-order valence-corrected chi connectivity index (χ2v) is 4.56. The molecule has 0 spiro atoms. The predicted molar refractivity (Wildman–Crippen MR) is 75.4 cm³/mol. The summed E-state index contributed by atoms with van der Waals surface area (Å²) in [6.45, 7) is 2.00. The maximum absolute atomic E-state index is 11.1. The van der Waals surface area contributed by atoms with Gasteiger partial charge in [-0.1, -0.05) is 30.3 Å². The Labute approximate surface area is 110 Å². The summed E-state index contributed by atoms with van der Waals surface area (Å²) in [4.78, 5) is 14.4. The summed E-state index contributed by atoms with van der Waals surface area (Å²) in [5.74, 6) is -0.903. The molecular weight excluding hydrogens is 238 g/mol. The van der Waals surface area contributed by atoms with Crippen LogP contribution in [0.25, 0.3) is 22.0 Å². The highest BCUT2D eigenvalue weighted by Gasteiger charge is 2.11. The molecule has 2 aromatic carbocycles. The lowest BCUT2D eigenvalue weighted by Gasteiger charge is -2.03. The first kappa shape index (κ1) is 11.5. The highest BCUT2D eigenvalue weighted by atomic mass is 16.4. The van der Waals surface area contributed by atoms with Crippen LogP contribution in [0.5, 0.6) is 0 Å². The lowest BCUT2D eigenvalue weighted by atomic mass is 10.0. The second-order valence-electron chi connectivity index (χ2n) is 4.56. The van der Waals surface area contributed by atoms with Gasteiger partial charge in [-0.05, 0) is 30.7 Å². The van der Waals surface area contributed by atoms with Gasteiger partial charge in [-0.3, -0.25) is 0 Å². The number of aromatic carboxylic acids is 1. The van der Waals surface area contributed by atoms with Crippen molar-refractivity contribution in [2.45, 2.75) is 6.92 Å². The summed E-state index contributed by atoms with van der Waals surface area (Å²) < 4.78 is 0. The molecule has 0 bridgehead atoms. The van der Waals surface area contributed by atoms with E-state index in [0.717, 1.165) is 27.7 Å². The lowest BCUT2D eigenvalue weighted by molar-refractivity contribution is 0.0697. The number of carboxylic acid groups (broad SMARTS) is 1. The van der Waals surface area contributed by atoms with Crippen LogP contribution in [-0.2, 0) is 0 Å². The molecule has 3 heteroatoms. The molecule has 19 heavy (non-hydrogen) atoms. The molecule has 3 aromatic rings. The number of benzene rings is 2. The molecule has 3 nitrogen and oxygen atoms in total. The fraction of sp³-hybridized carbons (Fsp3) is 0.0625. The number of fused-ring (bicyclic) bond motifs is 1. The third kappa shape index (κ3) is 1.89. The molecule has 0 unspecified atom stereocenters. The minimum absolute atomic E-state index is 0.308. The van der Waals surface area contributed by atoms with Gasteiger partial charge in [0.2, 0.25) is 0 Å². The number of carbonyl (C=O) groups is 1. The molecule has 0 aliphatic carbocycles. The van der Waals surface area contributed by atoms with Crippen molar-refractivity contribution in [3.05, 3.63) is 59.8 Å². The minimum atomic E-state index is -0.903. The van der Waals surface area contributed by atoms with E-state index in [1.54, 1.807) is 18.2 Å². The number of carboxylic acids is 1. The zero-order chi connectivity index (χ0) is 13.4. The second kappa shape index (κ2) is 4.28. The van der Waals surface area contributed by atoms with Crippen molar-refractivity contribution in [2.75, 3.05) is 0 Å². The summed E-state index contributed by atoms with van der Waals surface area (Å²) in [6.07, 6.45) is 0. The van der Waals surface area contributed by atoms with Crippen LogP contribution in [0.4, 0.5) is 0 Å². The first-order valence-electron chi connectivity index (χ1n) is 6.08. The molecule has 1 heterocycles. The van der Waals surface area contributed by atoms with Crippen LogP contribution in [-0.4, -0.2) is 16.1 Å². The fourth-order valence-corrected chi connectivity index (χ4v) is 2.46. The van der Waals surface area contributed by atoms with Crippen LogP contribution >= 0.6 is 0 Å². The van der Waals surface area contributed by atoms with Crippen LogP contribution in [0.1, 0.15) is 16.1 Å². The third-order valence-electron chi connectivity index (χ3n) is 3.29. The number of rotatable bonds is 2. The number of hydrogen-bond acceptors (Lipinski definition) is 1. The van der Waals surface area contributed by atoms with Gasteiger partial charge in [0.1, 0.15) is 0 Å². The van der Waals surface area contributed by atoms with Gasteiger partial charge in [-0.2, -0.15) is 0 Å². The predicted octanol–water partition coefficient (Wildman–Crippen LogP) is 3.84. The van der Waals surface area contributed by atoms with Crippen molar-refractivity contribution in [1.82, 2.24) is 4.98 Å². The summed E-state index contributed by atoms with van der Waals surface area (Å²) in [6, 6.07) is 15.1. The van der Waals surface area contributed by atoms with Gasteiger partial charge in [-0.15, -0.1) is 0 Å². The van der Waals surface area contributed by atoms with Crippen LogP contribution < -0.4 is 0 Å². The van der Waals surface area contributed by atoms with E-state index in [1.165, 1.54) is 0 Å². The number of aromatic nitrogens is 1. The van der Waals surface area contributed by atoms with Gasteiger partial charge < -0.3 is 10.1 Å². The standard InChI is InChI=1S/C16H13NO2/c1-10-15(13-7-2-3-8-14(13)17-10)11-5-4-6-12(9-11)16(18)19/h2-9,17H,1H3,(H,18,19). The van der Waals surface area contributed by atoms with E-state index in [0.29, 0.717) is 5.56 Å². The van der Waals surface area contributed by atoms with Crippen LogP contribution in [0, 0.1) is 6.92 Å². The van der Waals surface area contributed by atoms with Gasteiger partial charge >= 0.3 is 5.97 Å². The van der Waals surface area contributed by atoms with E-state index in [-0.39, 0.29) is 0 Å². The Balaban J connectivity index is 2.27. The first-order chi connectivity index (χ1) is 9.16. The average Bonchev–Trinajstić information content (AvgIpc) is 2.74. The molecule has 0 aliphatic rings. The molecule has 1 aromatic heterocycles. The maximum Gasteiger partial charge on any atom is 0.335 e. The Kier molecular flexibility index (Phi) is 2.60. The number of aryl methyl sites for hydroxylation is 1. The van der Waals surface area contributed by atoms with Crippen molar-refractivity contribution in [1.29, 1.82) is 0 Å². The highest BCUT2D eigenvalue weighted by Crippen LogP contribution is 2.32. The highest BCUT2D eigenvalue weighted by molar-refractivity contribution is 5.99. The van der Waals surface area contributed by atoms with Gasteiger partial charge in [0.15, 0.2) is 0 Å².